The minimum absolute atomic E-state index is 0.380. The van der Waals surface area contributed by atoms with Crippen molar-refractivity contribution < 1.29 is 9.53 Å². The molecule has 110 valence electrons. The molecule has 0 N–H and O–H groups in total. The average molecular weight is 335 g/mol. The summed E-state index contributed by atoms with van der Waals surface area (Å²) in [4.78, 5) is 12.7. The van der Waals surface area contributed by atoms with E-state index in [4.69, 9.17) is 4.74 Å². The molecule has 0 heterocycles. The van der Waals surface area contributed by atoms with E-state index in [0.29, 0.717) is 17.8 Å². The van der Waals surface area contributed by atoms with Crippen LogP contribution in [0, 0.1) is 20.8 Å². The van der Waals surface area contributed by atoms with E-state index in [-0.39, 0.29) is 0 Å². The molecular weight excluding hydrogens is 309 g/mol. The molecular formula is C17H26GeO2. The minimum atomic E-state index is -2.35. The van der Waals surface area contributed by atoms with E-state index < -0.39 is 13.3 Å². The predicted octanol–water partition coefficient (Wildman–Crippen LogP) is 4.37. The maximum atomic E-state index is 12.7. The Labute approximate surface area is 125 Å². The van der Waals surface area contributed by atoms with Gasteiger partial charge in [0, 0.05) is 0 Å². The predicted molar refractivity (Wildman–Crippen MR) is 88.2 cm³/mol. The fourth-order valence-electron chi connectivity index (χ4n) is 2.42. The van der Waals surface area contributed by atoms with Gasteiger partial charge in [-0.15, -0.1) is 0 Å². The molecule has 1 aromatic rings. The topological polar surface area (TPSA) is 26.3 Å². The second-order valence-electron chi connectivity index (χ2n) is 6.37. The molecule has 0 saturated carbocycles. The van der Waals surface area contributed by atoms with Crippen LogP contribution in [-0.2, 0) is 11.3 Å². The number of rotatable bonds is 6. The van der Waals surface area contributed by atoms with Crippen molar-refractivity contribution in [2.45, 2.75) is 44.6 Å². The summed E-state index contributed by atoms with van der Waals surface area (Å²) in [6.45, 7) is 10.9. The van der Waals surface area contributed by atoms with Crippen molar-refractivity contribution in [3.63, 3.8) is 0 Å². The molecule has 0 saturated heterocycles. The maximum absolute atomic E-state index is 12.7. The Hall–Kier alpha value is -0.867. The van der Waals surface area contributed by atoms with Gasteiger partial charge in [0.05, 0.1) is 0 Å². The van der Waals surface area contributed by atoms with Crippen molar-refractivity contribution in [1.29, 1.82) is 0 Å². The Bertz CT molecular complexity index is 525. The van der Waals surface area contributed by atoms with Gasteiger partial charge < -0.3 is 0 Å². The average Bonchev–Trinajstić information content (AvgIpc) is 2.31. The standard InChI is InChI=1S/C17H26GeO2/c1-8-9-20-11-15-12(2)10-13(3)16(14(15)4)17(19)18(5,6)7/h8,10H,1,9,11H2,2-7H3. The van der Waals surface area contributed by atoms with Gasteiger partial charge in [-0.25, -0.2) is 0 Å². The fraction of sp³-hybridized carbons (Fsp3) is 0.471. The van der Waals surface area contributed by atoms with Crippen LogP contribution in [0.4, 0.5) is 0 Å². The van der Waals surface area contributed by atoms with Crippen LogP contribution in [0.3, 0.4) is 0 Å². The zero-order valence-electron chi connectivity index (χ0n) is 13.6. The van der Waals surface area contributed by atoms with Crippen LogP contribution < -0.4 is 0 Å². The number of carbonyl (C=O) groups is 1. The third-order valence-corrected chi connectivity index (χ3v) is 6.90. The number of hydrogen-bond acceptors (Lipinski definition) is 2. The monoisotopic (exact) mass is 336 g/mol. The molecule has 1 aromatic carbocycles. The van der Waals surface area contributed by atoms with Crippen molar-refractivity contribution >= 4 is 17.9 Å². The number of hydrogen-bond donors (Lipinski definition) is 0. The van der Waals surface area contributed by atoms with Crippen molar-refractivity contribution in [2.75, 3.05) is 6.61 Å². The normalized spacial score (nSPS) is 11.5. The zero-order chi connectivity index (χ0) is 15.5. The summed E-state index contributed by atoms with van der Waals surface area (Å²) < 4.78 is 5.96. The Balaban J connectivity index is 3.29. The van der Waals surface area contributed by atoms with E-state index >= 15 is 0 Å². The number of benzene rings is 1. The first kappa shape index (κ1) is 17.2. The third-order valence-electron chi connectivity index (χ3n) is 3.52. The van der Waals surface area contributed by atoms with Crippen LogP contribution in [0.2, 0.25) is 17.3 Å². The summed E-state index contributed by atoms with van der Waals surface area (Å²) in [6, 6.07) is 2.11. The van der Waals surface area contributed by atoms with Crippen molar-refractivity contribution in [3.8, 4) is 0 Å². The summed E-state index contributed by atoms with van der Waals surface area (Å²) >= 11 is -2.35. The third kappa shape index (κ3) is 3.83. The summed E-state index contributed by atoms with van der Waals surface area (Å²) in [6.07, 6.45) is 1.75. The van der Waals surface area contributed by atoms with Crippen molar-refractivity contribution in [1.82, 2.24) is 0 Å². The Morgan fingerprint density at radius 1 is 1.25 bits per heavy atom. The first-order valence-electron chi connectivity index (χ1n) is 7.03. The number of carbonyl (C=O) groups excluding carboxylic acids is 1. The van der Waals surface area contributed by atoms with Crippen LogP contribution in [0.25, 0.3) is 0 Å². The van der Waals surface area contributed by atoms with Gasteiger partial charge in [-0.3, -0.25) is 0 Å². The quantitative estimate of drug-likeness (QED) is 0.438. The molecule has 0 aliphatic carbocycles. The summed E-state index contributed by atoms with van der Waals surface area (Å²) in [7, 11) is 0. The SMILES string of the molecule is C=CCOCc1c(C)cc(C)c([C](=O)[Ge]([CH3])([CH3])[CH3])c1C. The van der Waals surface area contributed by atoms with Crippen LogP contribution in [0.5, 0.6) is 0 Å². The van der Waals surface area contributed by atoms with E-state index in [1.807, 2.05) is 13.8 Å². The van der Waals surface area contributed by atoms with E-state index in [9.17, 15) is 4.79 Å². The molecule has 1 rings (SSSR count). The van der Waals surface area contributed by atoms with Crippen LogP contribution >= 0.6 is 0 Å². The van der Waals surface area contributed by atoms with Gasteiger partial charge in [-0.05, 0) is 0 Å². The second-order valence-corrected chi connectivity index (χ2v) is 16.8. The van der Waals surface area contributed by atoms with Gasteiger partial charge in [0.1, 0.15) is 0 Å². The first-order valence-corrected chi connectivity index (χ1v) is 14.4. The van der Waals surface area contributed by atoms with E-state index in [1.54, 1.807) is 6.08 Å². The molecule has 0 aliphatic rings. The van der Waals surface area contributed by atoms with Gasteiger partial charge >= 0.3 is 125 Å². The number of aryl methyl sites for hydroxylation is 2. The molecule has 0 atom stereocenters. The van der Waals surface area contributed by atoms with E-state index in [1.165, 1.54) is 5.56 Å². The summed E-state index contributed by atoms with van der Waals surface area (Å²) in [5.74, 6) is 6.44. The molecule has 0 unspecified atom stereocenters. The van der Waals surface area contributed by atoms with Crippen LogP contribution in [0.1, 0.15) is 32.6 Å². The van der Waals surface area contributed by atoms with Gasteiger partial charge in [0.15, 0.2) is 0 Å². The van der Waals surface area contributed by atoms with Crippen molar-refractivity contribution in [3.05, 3.63) is 46.5 Å². The Kier molecular flexibility index (Phi) is 5.78. The van der Waals surface area contributed by atoms with Gasteiger partial charge in [-0.1, -0.05) is 0 Å². The second kappa shape index (κ2) is 6.73. The van der Waals surface area contributed by atoms with Crippen LogP contribution in [-0.4, -0.2) is 24.5 Å². The molecule has 0 radical (unpaired) electrons. The molecule has 2 nitrogen and oxygen atoms in total. The van der Waals surface area contributed by atoms with E-state index in [2.05, 4.69) is 36.8 Å². The molecule has 0 aliphatic heterocycles. The fourth-order valence-corrected chi connectivity index (χ4v) is 4.80. The molecule has 0 fully saturated rings. The van der Waals surface area contributed by atoms with E-state index in [0.717, 1.165) is 22.3 Å². The zero-order valence-corrected chi connectivity index (χ0v) is 15.7. The van der Waals surface area contributed by atoms with Gasteiger partial charge in [0.25, 0.3) is 0 Å². The molecule has 0 spiro atoms. The molecule has 0 amide bonds. The van der Waals surface area contributed by atoms with Gasteiger partial charge in [-0.2, -0.15) is 0 Å². The summed E-state index contributed by atoms with van der Waals surface area (Å²) in [5, 5.41) is 0. The van der Waals surface area contributed by atoms with Crippen LogP contribution in [0.15, 0.2) is 18.7 Å². The Morgan fingerprint density at radius 3 is 2.35 bits per heavy atom. The Morgan fingerprint density at radius 2 is 1.85 bits per heavy atom. The first-order chi connectivity index (χ1) is 9.20. The number of ether oxygens (including phenoxy) is 1. The molecule has 3 heteroatoms. The molecule has 0 aromatic heterocycles. The molecule has 20 heavy (non-hydrogen) atoms. The van der Waals surface area contributed by atoms with Crippen molar-refractivity contribution in [2.24, 2.45) is 0 Å². The summed E-state index contributed by atoms with van der Waals surface area (Å²) in [5.41, 5.74) is 5.46. The molecule has 0 bridgehead atoms. The van der Waals surface area contributed by atoms with Gasteiger partial charge in [0.2, 0.25) is 0 Å².